The van der Waals surface area contributed by atoms with Crippen LogP contribution in [0.4, 0.5) is 16.2 Å². The zero-order chi connectivity index (χ0) is 25.1. The van der Waals surface area contributed by atoms with E-state index < -0.39 is 6.03 Å². The van der Waals surface area contributed by atoms with Crippen LogP contribution in [0, 0.1) is 0 Å². The number of hydrogen-bond donors (Lipinski definition) is 2. The van der Waals surface area contributed by atoms with Crippen molar-refractivity contribution in [2.45, 2.75) is 0 Å². The lowest BCUT2D eigenvalue weighted by Gasteiger charge is -2.22. The van der Waals surface area contributed by atoms with E-state index in [0.29, 0.717) is 64.2 Å². The SMILES string of the molecule is COc1cccc(NC(=O)Nc2ccc(Oc3ncnc4cc(OC)c5c(c34)OCCO5)c(Cl)c2)c1. The molecule has 0 saturated heterocycles. The van der Waals surface area contributed by atoms with Crippen molar-refractivity contribution in [3.05, 3.63) is 59.9 Å². The van der Waals surface area contributed by atoms with Gasteiger partial charge in [-0.2, -0.15) is 0 Å². The number of benzene rings is 3. The van der Waals surface area contributed by atoms with Crippen LogP contribution < -0.4 is 34.3 Å². The van der Waals surface area contributed by atoms with Gasteiger partial charge in [0.05, 0.1) is 24.8 Å². The third-order valence-electron chi connectivity index (χ3n) is 5.29. The highest BCUT2D eigenvalue weighted by Gasteiger charge is 2.25. The van der Waals surface area contributed by atoms with Crippen LogP contribution in [0.1, 0.15) is 0 Å². The highest BCUT2D eigenvalue weighted by atomic mass is 35.5. The quantitative estimate of drug-likeness (QED) is 0.350. The van der Waals surface area contributed by atoms with E-state index in [0.717, 1.165) is 0 Å². The molecule has 1 aliphatic rings. The number of ether oxygens (including phenoxy) is 5. The maximum atomic E-state index is 12.4. The number of nitrogens with zero attached hydrogens (tertiary/aromatic N) is 2. The van der Waals surface area contributed by atoms with Crippen molar-refractivity contribution >= 4 is 39.9 Å². The fourth-order valence-corrected chi connectivity index (χ4v) is 3.89. The van der Waals surface area contributed by atoms with Gasteiger partial charge in [0.15, 0.2) is 11.5 Å². The molecule has 0 fully saturated rings. The van der Waals surface area contributed by atoms with Gasteiger partial charge in [0.2, 0.25) is 11.6 Å². The van der Waals surface area contributed by atoms with E-state index in [-0.39, 0.29) is 10.9 Å². The highest BCUT2D eigenvalue weighted by molar-refractivity contribution is 6.32. The second kappa shape index (κ2) is 10.0. The van der Waals surface area contributed by atoms with E-state index >= 15 is 0 Å². The molecule has 0 atom stereocenters. The zero-order valence-corrected chi connectivity index (χ0v) is 20.1. The van der Waals surface area contributed by atoms with Gasteiger partial charge in [-0.15, -0.1) is 0 Å². The summed E-state index contributed by atoms with van der Waals surface area (Å²) in [7, 11) is 3.10. The Balaban J connectivity index is 1.37. The van der Waals surface area contributed by atoms with Crippen molar-refractivity contribution in [3.8, 4) is 34.6 Å². The maximum absolute atomic E-state index is 12.4. The summed E-state index contributed by atoms with van der Waals surface area (Å²) < 4.78 is 28.2. The normalized spacial score (nSPS) is 12.1. The Morgan fingerprint density at radius 3 is 2.44 bits per heavy atom. The number of hydrogen-bond acceptors (Lipinski definition) is 8. The van der Waals surface area contributed by atoms with Gasteiger partial charge in [0.1, 0.15) is 36.4 Å². The van der Waals surface area contributed by atoms with Gasteiger partial charge in [0, 0.05) is 23.5 Å². The molecular weight excluding hydrogens is 488 g/mol. The number of urea groups is 1. The number of methoxy groups -OCH3 is 2. The fourth-order valence-electron chi connectivity index (χ4n) is 3.67. The van der Waals surface area contributed by atoms with Crippen molar-refractivity contribution in [2.75, 3.05) is 38.1 Å². The zero-order valence-electron chi connectivity index (χ0n) is 19.3. The molecule has 2 amide bonds. The van der Waals surface area contributed by atoms with Crippen molar-refractivity contribution in [2.24, 2.45) is 0 Å². The first-order chi connectivity index (χ1) is 17.6. The number of nitrogens with one attached hydrogen (secondary N) is 2. The Labute approximate surface area is 211 Å². The molecule has 0 saturated carbocycles. The Hall–Kier alpha value is -4.44. The summed E-state index contributed by atoms with van der Waals surface area (Å²) in [6.07, 6.45) is 1.37. The van der Waals surface area contributed by atoms with Gasteiger partial charge in [-0.3, -0.25) is 0 Å². The third-order valence-corrected chi connectivity index (χ3v) is 5.58. The Kier molecular flexibility index (Phi) is 6.50. The lowest BCUT2D eigenvalue weighted by Crippen LogP contribution is -2.19. The van der Waals surface area contributed by atoms with Crippen LogP contribution in [-0.4, -0.2) is 43.4 Å². The summed E-state index contributed by atoms with van der Waals surface area (Å²) in [5.41, 5.74) is 1.61. The lowest BCUT2D eigenvalue weighted by molar-refractivity contribution is 0.167. The molecule has 2 N–H and O–H groups in total. The van der Waals surface area contributed by atoms with Crippen molar-refractivity contribution in [1.29, 1.82) is 0 Å². The molecule has 0 aliphatic carbocycles. The minimum atomic E-state index is -0.437. The van der Waals surface area contributed by atoms with Gasteiger partial charge >= 0.3 is 6.03 Å². The summed E-state index contributed by atoms with van der Waals surface area (Å²) in [5, 5.41) is 6.27. The first kappa shape index (κ1) is 23.3. The molecule has 3 aromatic carbocycles. The smallest absolute Gasteiger partial charge is 0.323 e. The number of fused-ring (bicyclic) bond motifs is 3. The Morgan fingerprint density at radius 1 is 0.917 bits per heavy atom. The molecular formula is C25H21ClN4O6. The maximum Gasteiger partial charge on any atom is 0.323 e. The van der Waals surface area contributed by atoms with E-state index in [9.17, 15) is 4.79 Å². The number of halogens is 1. The summed E-state index contributed by atoms with van der Waals surface area (Å²) in [4.78, 5) is 21.0. The molecule has 5 rings (SSSR count). The molecule has 4 aromatic rings. The second-order valence-electron chi connectivity index (χ2n) is 7.57. The summed E-state index contributed by atoms with van der Waals surface area (Å²) in [6.45, 7) is 0.757. The summed E-state index contributed by atoms with van der Waals surface area (Å²) in [5.74, 6) is 2.60. The number of carbonyl (C=O) groups is 1. The average Bonchev–Trinajstić information content (AvgIpc) is 2.89. The minimum absolute atomic E-state index is 0.239. The van der Waals surface area contributed by atoms with Gasteiger partial charge in [-0.05, 0) is 30.3 Å². The Morgan fingerprint density at radius 2 is 1.69 bits per heavy atom. The Bertz CT molecular complexity index is 1450. The van der Waals surface area contributed by atoms with Crippen molar-refractivity contribution in [1.82, 2.24) is 9.97 Å². The van der Waals surface area contributed by atoms with Crippen LogP contribution in [0.5, 0.6) is 34.6 Å². The minimum Gasteiger partial charge on any atom is -0.497 e. The average molecular weight is 509 g/mol. The van der Waals surface area contributed by atoms with Gasteiger partial charge in [-0.1, -0.05) is 17.7 Å². The molecule has 0 radical (unpaired) electrons. The standard InChI is InChI=1S/C25H21ClN4O6/c1-32-16-5-3-4-14(10-16)29-25(31)30-15-6-7-19(17(26)11-15)36-24-21-18(27-13-28-24)12-20(33-2)22-23(21)35-9-8-34-22/h3-7,10-13H,8-9H2,1-2H3,(H2,29,30,31). The predicted octanol–water partition coefficient (Wildman–Crippen LogP) is 5.51. The van der Waals surface area contributed by atoms with Crippen LogP contribution in [-0.2, 0) is 0 Å². The largest absolute Gasteiger partial charge is 0.497 e. The lowest BCUT2D eigenvalue weighted by atomic mass is 10.1. The van der Waals surface area contributed by atoms with Crippen molar-refractivity contribution < 1.29 is 28.5 Å². The number of rotatable bonds is 6. The summed E-state index contributed by atoms with van der Waals surface area (Å²) in [6, 6.07) is 13.2. The molecule has 0 unspecified atom stereocenters. The molecule has 1 aromatic heterocycles. The van der Waals surface area contributed by atoms with Crippen molar-refractivity contribution in [3.63, 3.8) is 0 Å². The van der Waals surface area contributed by atoms with E-state index in [4.69, 9.17) is 35.3 Å². The molecule has 184 valence electrons. The highest BCUT2D eigenvalue weighted by Crippen LogP contribution is 2.48. The molecule has 10 nitrogen and oxygen atoms in total. The van der Waals surface area contributed by atoms with E-state index in [1.807, 2.05) is 0 Å². The monoisotopic (exact) mass is 508 g/mol. The van der Waals surface area contributed by atoms with Crippen LogP contribution in [0.3, 0.4) is 0 Å². The summed E-state index contributed by atoms with van der Waals surface area (Å²) >= 11 is 6.47. The van der Waals surface area contributed by atoms with Gasteiger partial charge in [-0.25, -0.2) is 14.8 Å². The first-order valence-electron chi connectivity index (χ1n) is 10.9. The van der Waals surface area contributed by atoms with Crippen LogP contribution in [0.15, 0.2) is 54.9 Å². The number of anilines is 2. The molecule has 1 aliphatic heterocycles. The molecule has 2 heterocycles. The van der Waals surface area contributed by atoms with Crippen LogP contribution in [0.25, 0.3) is 10.9 Å². The molecule has 0 spiro atoms. The van der Waals surface area contributed by atoms with E-state index in [2.05, 4.69) is 20.6 Å². The van der Waals surface area contributed by atoms with Crippen LogP contribution in [0.2, 0.25) is 5.02 Å². The number of carbonyl (C=O) groups excluding carboxylic acids is 1. The third kappa shape index (κ3) is 4.71. The van der Waals surface area contributed by atoms with Gasteiger partial charge in [0.25, 0.3) is 0 Å². The molecule has 0 bridgehead atoms. The molecule has 36 heavy (non-hydrogen) atoms. The first-order valence-corrected chi connectivity index (χ1v) is 11.2. The van der Waals surface area contributed by atoms with E-state index in [1.54, 1.807) is 62.8 Å². The topological polar surface area (TPSA) is 113 Å². The fraction of sp³-hybridized carbons (Fsp3) is 0.160. The van der Waals surface area contributed by atoms with E-state index in [1.165, 1.54) is 6.33 Å². The second-order valence-corrected chi connectivity index (χ2v) is 7.97. The number of aromatic nitrogens is 2. The predicted molar refractivity (Wildman–Crippen MR) is 134 cm³/mol. The molecule has 11 heteroatoms. The van der Waals surface area contributed by atoms with Crippen LogP contribution >= 0.6 is 11.6 Å². The van der Waals surface area contributed by atoms with Gasteiger partial charge < -0.3 is 34.3 Å². The number of amides is 2.